The number of rotatable bonds is 4. The fourth-order valence-corrected chi connectivity index (χ4v) is 0.421. The predicted molar refractivity (Wildman–Crippen MR) is 51.2 cm³/mol. The molecule has 0 aromatic heterocycles. The van der Waals surface area contributed by atoms with Gasteiger partial charge in [-0.25, -0.2) is 0 Å². The van der Waals surface area contributed by atoms with Crippen molar-refractivity contribution in [1.82, 2.24) is 0 Å². The van der Waals surface area contributed by atoms with E-state index < -0.39 is 0 Å². The zero-order valence-electron chi connectivity index (χ0n) is 7.07. The first-order valence-corrected chi connectivity index (χ1v) is 3.60. The molecule has 0 radical (unpaired) electrons. The van der Waals surface area contributed by atoms with Gasteiger partial charge < -0.3 is 0 Å². The lowest BCUT2D eigenvalue weighted by atomic mass is 10.3. The molecule has 0 amide bonds. The molecule has 0 fully saturated rings. The molecule has 11 heavy (non-hydrogen) atoms. The van der Waals surface area contributed by atoms with Crippen molar-refractivity contribution >= 4 is 12.4 Å². The summed E-state index contributed by atoms with van der Waals surface area (Å²) in [5.74, 6) is 0.496. The summed E-state index contributed by atoms with van der Waals surface area (Å²) < 4.78 is 0. The van der Waals surface area contributed by atoms with Gasteiger partial charge in [-0.2, -0.15) is 0 Å². The first-order valence-electron chi connectivity index (χ1n) is 3.60. The van der Waals surface area contributed by atoms with Gasteiger partial charge in [0, 0.05) is 24.8 Å². The normalized spacial score (nSPS) is 12.6. The standard InChI is InChI=1S/C9H14N2/c1-4-10-6-5-7-11-8-9(2)3/h4-9H,1H2,2-3H3/b7-5-,10-6-,11-8+. The van der Waals surface area contributed by atoms with Crippen molar-refractivity contribution in [2.45, 2.75) is 13.8 Å². The lowest BCUT2D eigenvalue weighted by Crippen LogP contribution is -1.84. The molecule has 0 spiro atoms. The van der Waals surface area contributed by atoms with Crippen molar-refractivity contribution in [3.05, 3.63) is 25.1 Å². The van der Waals surface area contributed by atoms with Crippen LogP contribution in [-0.2, 0) is 0 Å². The molecule has 0 aliphatic rings. The lowest BCUT2D eigenvalue weighted by Gasteiger charge is -1.87. The minimum Gasteiger partial charge on any atom is -0.269 e. The topological polar surface area (TPSA) is 24.7 Å². The van der Waals surface area contributed by atoms with Crippen LogP contribution in [0.5, 0.6) is 0 Å². The second-order valence-electron chi connectivity index (χ2n) is 2.36. The smallest absolute Gasteiger partial charge is 0.0282 e. The van der Waals surface area contributed by atoms with Gasteiger partial charge in [0.1, 0.15) is 0 Å². The predicted octanol–water partition coefficient (Wildman–Crippen LogP) is 2.44. The average Bonchev–Trinajstić information content (AvgIpc) is 1.96. The Bertz CT molecular complexity index is 176. The molecule has 0 aromatic rings. The van der Waals surface area contributed by atoms with Crippen LogP contribution in [0.3, 0.4) is 0 Å². The Balaban J connectivity index is 3.59. The maximum Gasteiger partial charge on any atom is 0.0282 e. The van der Waals surface area contributed by atoms with Crippen molar-refractivity contribution in [2.24, 2.45) is 15.9 Å². The van der Waals surface area contributed by atoms with Crippen molar-refractivity contribution in [2.75, 3.05) is 0 Å². The Hall–Kier alpha value is -1.18. The third-order valence-electron chi connectivity index (χ3n) is 0.834. The molecular formula is C9H14N2. The van der Waals surface area contributed by atoms with Gasteiger partial charge >= 0.3 is 0 Å². The van der Waals surface area contributed by atoms with Gasteiger partial charge in [-0.1, -0.05) is 20.4 Å². The maximum absolute atomic E-state index is 4.01. The summed E-state index contributed by atoms with van der Waals surface area (Å²) in [6.07, 6.45) is 8.47. The first-order chi connectivity index (χ1) is 5.27. The van der Waals surface area contributed by atoms with Crippen LogP contribution in [0.4, 0.5) is 0 Å². The van der Waals surface area contributed by atoms with E-state index in [2.05, 4.69) is 30.4 Å². The van der Waals surface area contributed by atoms with Gasteiger partial charge in [0.25, 0.3) is 0 Å². The molecule has 0 aliphatic heterocycles. The average molecular weight is 150 g/mol. The fourth-order valence-electron chi connectivity index (χ4n) is 0.421. The van der Waals surface area contributed by atoms with E-state index in [0.29, 0.717) is 5.92 Å². The van der Waals surface area contributed by atoms with Gasteiger partial charge in [0.05, 0.1) is 0 Å². The van der Waals surface area contributed by atoms with Gasteiger partial charge in [-0.3, -0.25) is 9.98 Å². The third kappa shape index (κ3) is 8.82. The van der Waals surface area contributed by atoms with Crippen LogP contribution in [0, 0.1) is 5.92 Å². The molecule has 60 valence electrons. The number of allylic oxidation sites excluding steroid dienone is 1. The molecule has 0 rings (SSSR count). The monoisotopic (exact) mass is 150 g/mol. The van der Waals surface area contributed by atoms with Crippen LogP contribution < -0.4 is 0 Å². The van der Waals surface area contributed by atoms with Crippen LogP contribution in [0.25, 0.3) is 0 Å². The van der Waals surface area contributed by atoms with Crippen molar-refractivity contribution in [3.63, 3.8) is 0 Å². The summed E-state index contributed by atoms with van der Waals surface area (Å²) in [5.41, 5.74) is 0. The molecule has 0 aliphatic carbocycles. The SMILES string of the molecule is C=C\N=C/C=C\N=C\C(C)C. The van der Waals surface area contributed by atoms with Gasteiger partial charge in [-0.15, -0.1) is 0 Å². The minimum atomic E-state index is 0.496. The van der Waals surface area contributed by atoms with Crippen LogP contribution in [-0.4, -0.2) is 12.4 Å². The van der Waals surface area contributed by atoms with Gasteiger partial charge in [-0.05, 0) is 12.0 Å². The zero-order valence-corrected chi connectivity index (χ0v) is 7.07. The Kier molecular flexibility index (Phi) is 6.19. The Morgan fingerprint density at radius 2 is 2.00 bits per heavy atom. The molecular weight excluding hydrogens is 136 g/mol. The molecule has 0 heterocycles. The highest BCUT2D eigenvalue weighted by Crippen LogP contribution is 1.84. The largest absolute Gasteiger partial charge is 0.269 e. The van der Waals surface area contributed by atoms with E-state index in [-0.39, 0.29) is 0 Å². The Labute approximate surface area is 68.1 Å². The molecule has 2 nitrogen and oxygen atoms in total. The number of hydrogen-bond donors (Lipinski definition) is 0. The van der Waals surface area contributed by atoms with E-state index in [1.807, 2.05) is 6.21 Å². The molecule has 0 unspecified atom stereocenters. The molecule has 2 heteroatoms. The Morgan fingerprint density at radius 1 is 1.27 bits per heavy atom. The fraction of sp³-hybridized carbons (Fsp3) is 0.333. The number of nitrogens with zero attached hydrogens (tertiary/aromatic N) is 2. The van der Waals surface area contributed by atoms with Gasteiger partial charge in [0.15, 0.2) is 0 Å². The van der Waals surface area contributed by atoms with Crippen molar-refractivity contribution in [1.29, 1.82) is 0 Å². The summed E-state index contributed by atoms with van der Waals surface area (Å²) >= 11 is 0. The highest BCUT2D eigenvalue weighted by Gasteiger charge is 1.79. The van der Waals surface area contributed by atoms with E-state index in [9.17, 15) is 0 Å². The molecule has 0 aromatic carbocycles. The van der Waals surface area contributed by atoms with E-state index in [1.165, 1.54) is 6.20 Å². The van der Waals surface area contributed by atoms with E-state index >= 15 is 0 Å². The maximum atomic E-state index is 4.01. The molecule has 0 saturated carbocycles. The second kappa shape index (κ2) is 6.93. The van der Waals surface area contributed by atoms with Crippen LogP contribution in [0.1, 0.15) is 13.8 Å². The highest BCUT2D eigenvalue weighted by atomic mass is 14.7. The highest BCUT2D eigenvalue weighted by molar-refractivity contribution is 5.72. The summed E-state index contributed by atoms with van der Waals surface area (Å²) in [6.45, 7) is 7.59. The summed E-state index contributed by atoms with van der Waals surface area (Å²) in [7, 11) is 0. The Morgan fingerprint density at radius 3 is 2.55 bits per heavy atom. The zero-order chi connectivity index (χ0) is 8.53. The van der Waals surface area contributed by atoms with Gasteiger partial charge in [0.2, 0.25) is 0 Å². The van der Waals surface area contributed by atoms with E-state index in [0.717, 1.165) is 0 Å². The van der Waals surface area contributed by atoms with Crippen molar-refractivity contribution < 1.29 is 0 Å². The summed E-state index contributed by atoms with van der Waals surface area (Å²) in [4.78, 5) is 7.78. The summed E-state index contributed by atoms with van der Waals surface area (Å²) in [5, 5.41) is 0. The lowest BCUT2D eigenvalue weighted by molar-refractivity contribution is 0.907. The molecule has 0 N–H and O–H groups in total. The number of aliphatic imine (C=N–C) groups is 2. The minimum absolute atomic E-state index is 0.496. The molecule has 0 saturated heterocycles. The van der Waals surface area contributed by atoms with E-state index in [4.69, 9.17) is 0 Å². The molecule has 0 atom stereocenters. The summed E-state index contributed by atoms with van der Waals surface area (Å²) in [6, 6.07) is 0. The first kappa shape index (κ1) is 9.82. The van der Waals surface area contributed by atoms with E-state index in [1.54, 1.807) is 18.5 Å². The quantitative estimate of drug-likeness (QED) is 0.550. The molecule has 0 bridgehead atoms. The van der Waals surface area contributed by atoms with Crippen LogP contribution in [0.2, 0.25) is 0 Å². The van der Waals surface area contributed by atoms with Crippen LogP contribution >= 0.6 is 0 Å². The van der Waals surface area contributed by atoms with Crippen LogP contribution in [0.15, 0.2) is 35.0 Å². The second-order valence-corrected chi connectivity index (χ2v) is 2.36. The number of hydrogen-bond acceptors (Lipinski definition) is 2. The van der Waals surface area contributed by atoms with Crippen molar-refractivity contribution in [3.8, 4) is 0 Å². The third-order valence-corrected chi connectivity index (χ3v) is 0.834.